The maximum Gasteiger partial charge on any atom is 0.243 e. The summed E-state index contributed by atoms with van der Waals surface area (Å²) >= 11 is 0. The Morgan fingerprint density at radius 2 is 2.05 bits per heavy atom. The fraction of sp³-hybridized carbons (Fsp3) is 0.429. The molecule has 0 bridgehead atoms. The van der Waals surface area contributed by atoms with Crippen LogP contribution in [0, 0.1) is 0 Å². The van der Waals surface area contributed by atoms with Crippen LogP contribution in [0.5, 0.6) is 0 Å². The van der Waals surface area contributed by atoms with Gasteiger partial charge in [0.2, 0.25) is 10.0 Å². The Kier molecular flexibility index (Phi) is 3.80. The molecule has 1 aromatic carbocycles. The molecule has 0 radical (unpaired) electrons. The molecule has 0 fully saturated rings. The van der Waals surface area contributed by atoms with Gasteiger partial charge in [-0.25, -0.2) is 13.1 Å². The number of aromatic nitrogens is 1. The molecule has 1 heterocycles. The second-order valence-electron chi connectivity index (χ2n) is 5.70. The molecule has 0 amide bonds. The van der Waals surface area contributed by atoms with Gasteiger partial charge >= 0.3 is 0 Å². The molecule has 0 saturated carbocycles. The molecule has 4 N–H and O–H groups in total. The summed E-state index contributed by atoms with van der Waals surface area (Å²) in [6.45, 7) is 5.81. The van der Waals surface area contributed by atoms with Crippen LogP contribution in [0.25, 0.3) is 10.9 Å². The summed E-state index contributed by atoms with van der Waals surface area (Å²) in [7, 11) is -3.56. The van der Waals surface area contributed by atoms with E-state index in [0.717, 1.165) is 18.4 Å². The summed E-state index contributed by atoms with van der Waals surface area (Å²) in [4.78, 5) is 3.21. The van der Waals surface area contributed by atoms with Crippen molar-refractivity contribution in [2.75, 3.05) is 5.73 Å². The molecule has 110 valence electrons. The first-order valence-corrected chi connectivity index (χ1v) is 8.14. The van der Waals surface area contributed by atoms with Crippen LogP contribution in [0.15, 0.2) is 29.3 Å². The van der Waals surface area contributed by atoms with Crippen molar-refractivity contribution < 1.29 is 8.42 Å². The Balaban J connectivity index is 2.42. The number of fused-ring (bicyclic) bond motifs is 1. The molecule has 2 rings (SSSR count). The Labute approximate surface area is 119 Å². The third-order valence-corrected chi connectivity index (χ3v) is 4.98. The second-order valence-corrected chi connectivity index (χ2v) is 7.35. The van der Waals surface area contributed by atoms with Crippen LogP contribution in [0.1, 0.15) is 33.6 Å². The van der Waals surface area contributed by atoms with E-state index in [0.29, 0.717) is 11.1 Å². The molecule has 6 heteroatoms. The van der Waals surface area contributed by atoms with Gasteiger partial charge in [-0.3, -0.25) is 0 Å². The van der Waals surface area contributed by atoms with E-state index in [2.05, 4.69) is 9.71 Å². The number of sulfonamides is 1. The number of anilines is 1. The van der Waals surface area contributed by atoms with Crippen LogP contribution in [0.4, 0.5) is 5.69 Å². The first-order chi connectivity index (χ1) is 9.25. The van der Waals surface area contributed by atoms with Crippen molar-refractivity contribution in [3.63, 3.8) is 0 Å². The van der Waals surface area contributed by atoms with Gasteiger partial charge < -0.3 is 10.7 Å². The lowest BCUT2D eigenvalue weighted by molar-refractivity contribution is 0.418. The van der Waals surface area contributed by atoms with Crippen molar-refractivity contribution in [3.05, 3.63) is 24.4 Å². The molecule has 0 aliphatic rings. The van der Waals surface area contributed by atoms with E-state index in [-0.39, 0.29) is 4.90 Å². The first-order valence-electron chi connectivity index (χ1n) is 6.66. The van der Waals surface area contributed by atoms with Crippen LogP contribution in [-0.4, -0.2) is 18.9 Å². The highest BCUT2D eigenvalue weighted by molar-refractivity contribution is 7.89. The van der Waals surface area contributed by atoms with Crippen molar-refractivity contribution >= 4 is 26.6 Å². The third kappa shape index (κ3) is 2.96. The van der Waals surface area contributed by atoms with Crippen LogP contribution in [0.2, 0.25) is 0 Å². The molecule has 0 aliphatic carbocycles. The summed E-state index contributed by atoms with van der Waals surface area (Å²) in [5.41, 5.74) is 6.55. The quantitative estimate of drug-likeness (QED) is 0.741. The van der Waals surface area contributed by atoms with Gasteiger partial charge in [-0.2, -0.15) is 0 Å². The number of aromatic amines is 1. The number of nitrogens with one attached hydrogen (secondary N) is 2. The van der Waals surface area contributed by atoms with E-state index in [4.69, 9.17) is 5.73 Å². The Hall–Kier alpha value is -1.53. The highest BCUT2D eigenvalue weighted by Gasteiger charge is 2.27. The van der Waals surface area contributed by atoms with E-state index >= 15 is 0 Å². The number of hydrogen-bond donors (Lipinski definition) is 3. The average molecular weight is 295 g/mol. The standard InChI is InChI=1S/C14H21N3O2S/c1-4-7-14(2,3)17-20(18,19)13-9-16-12-8-10(15)5-6-11(12)13/h5-6,8-9,16-17H,4,7,15H2,1-3H3. The maximum absolute atomic E-state index is 12.5. The Morgan fingerprint density at radius 1 is 1.35 bits per heavy atom. The minimum Gasteiger partial charge on any atom is -0.399 e. The van der Waals surface area contributed by atoms with Crippen LogP contribution < -0.4 is 10.5 Å². The number of nitrogens with two attached hydrogens (primary N) is 1. The molecule has 0 saturated heterocycles. The van der Waals surface area contributed by atoms with Gasteiger partial charge in [-0.15, -0.1) is 0 Å². The maximum atomic E-state index is 12.5. The molecule has 0 spiro atoms. The molecule has 1 aromatic heterocycles. The van der Waals surface area contributed by atoms with Gasteiger partial charge in [-0.05, 0) is 38.5 Å². The van der Waals surface area contributed by atoms with Crippen LogP contribution in [0.3, 0.4) is 0 Å². The summed E-state index contributed by atoms with van der Waals surface area (Å²) in [6.07, 6.45) is 3.20. The van der Waals surface area contributed by atoms with Gasteiger partial charge in [0.05, 0.1) is 0 Å². The van der Waals surface area contributed by atoms with Gasteiger partial charge in [0, 0.05) is 28.3 Å². The normalized spacial score (nSPS) is 12.9. The fourth-order valence-corrected chi connectivity index (χ4v) is 4.06. The predicted octanol–water partition coefficient (Wildman–Crippen LogP) is 2.61. The van der Waals surface area contributed by atoms with E-state index in [1.165, 1.54) is 6.20 Å². The molecule has 0 atom stereocenters. The highest BCUT2D eigenvalue weighted by Crippen LogP contribution is 2.26. The van der Waals surface area contributed by atoms with Crippen LogP contribution >= 0.6 is 0 Å². The smallest absolute Gasteiger partial charge is 0.243 e. The lowest BCUT2D eigenvalue weighted by atomic mass is 10.0. The number of H-pyrrole nitrogens is 1. The number of hydrogen-bond acceptors (Lipinski definition) is 3. The number of nitrogen functional groups attached to an aromatic ring is 1. The predicted molar refractivity (Wildman–Crippen MR) is 82.0 cm³/mol. The van der Waals surface area contributed by atoms with Crippen LogP contribution in [-0.2, 0) is 10.0 Å². The van der Waals surface area contributed by atoms with Crippen molar-refractivity contribution in [3.8, 4) is 0 Å². The summed E-state index contributed by atoms with van der Waals surface area (Å²) in [5, 5.41) is 0.652. The number of benzene rings is 1. The zero-order chi connectivity index (χ0) is 15.0. The van der Waals surface area contributed by atoms with E-state index in [9.17, 15) is 8.42 Å². The Bertz CT molecular complexity index is 717. The van der Waals surface area contributed by atoms with Crippen molar-refractivity contribution in [2.45, 2.75) is 44.0 Å². The van der Waals surface area contributed by atoms with Crippen molar-refractivity contribution in [2.24, 2.45) is 0 Å². The zero-order valence-electron chi connectivity index (χ0n) is 12.0. The molecular weight excluding hydrogens is 274 g/mol. The van der Waals surface area contributed by atoms with E-state index in [1.54, 1.807) is 18.2 Å². The van der Waals surface area contributed by atoms with E-state index in [1.807, 2.05) is 20.8 Å². The molecule has 20 heavy (non-hydrogen) atoms. The second kappa shape index (κ2) is 5.10. The lowest BCUT2D eigenvalue weighted by Crippen LogP contribution is -2.43. The number of rotatable bonds is 5. The van der Waals surface area contributed by atoms with Gasteiger partial charge in [0.25, 0.3) is 0 Å². The SMILES string of the molecule is CCCC(C)(C)NS(=O)(=O)c1c[nH]c2cc(N)ccc12. The average Bonchev–Trinajstić information content (AvgIpc) is 2.70. The van der Waals surface area contributed by atoms with E-state index < -0.39 is 15.6 Å². The van der Waals surface area contributed by atoms with Crippen molar-refractivity contribution in [1.29, 1.82) is 0 Å². The van der Waals surface area contributed by atoms with Crippen molar-refractivity contribution in [1.82, 2.24) is 9.71 Å². The molecular formula is C14H21N3O2S. The Morgan fingerprint density at radius 3 is 2.70 bits per heavy atom. The zero-order valence-corrected chi connectivity index (χ0v) is 12.8. The minimum atomic E-state index is -3.56. The summed E-state index contributed by atoms with van der Waals surface area (Å²) in [6, 6.07) is 5.15. The summed E-state index contributed by atoms with van der Waals surface area (Å²) in [5.74, 6) is 0. The molecule has 2 aromatic rings. The molecule has 0 unspecified atom stereocenters. The fourth-order valence-electron chi connectivity index (χ4n) is 2.43. The lowest BCUT2D eigenvalue weighted by Gasteiger charge is -2.25. The molecule has 5 nitrogen and oxygen atoms in total. The van der Waals surface area contributed by atoms with Gasteiger partial charge in [0.1, 0.15) is 4.90 Å². The third-order valence-electron chi connectivity index (χ3n) is 3.24. The topological polar surface area (TPSA) is 88.0 Å². The van der Waals surface area contributed by atoms with Gasteiger partial charge in [-0.1, -0.05) is 13.3 Å². The highest BCUT2D eigenvalue weighted by atomic mass is 32.2. The minimum absolute atomic E-state index is 0.261. The summed E-state index contributed by atoms with van der Waals surface area (Å²) < 4.78 is 27.8. The molecule has 0 aliphatic heterocycles. The first kappa shape index (κ1) is 14.9. The largest absolute Gasteiger partial charge is 0.399 e. The monoisotopic (exact) mass is 295 g/mol. The van der Waals surface area contributed by atoms with Gasteiger partial charge in [0.15, 0.2) is 0 Å².